The summed E-state index contributed by atoms with van der Waals surface area (Å²) in [5, 5.41) is 10.1. The highest BCUT2D eigenvalue weighted by Gasteiger charge is 2.13. The van der Waals surface area contributed by atoms with Gasteiger partial charge < -0.3 is 0 Å². The number of nitrogens with zero attached hydrogens (tertiary/aromatic N) is 1. The fraction of sp³-hybridized carbons (Fsp3) is 0. The van der Waals surface area contributed by atoms with Crippen LogP contribution in [-0.2, 0) is 4.79 Å². The molecular formula is C7H3FNO3. The van der Waals surface area contributed by atoms with E-state index in [1.165, 1.54) is 6.29 Å². The van der Waals surface area contributed by atoms with Gasteiger partial charge in [-0.2, -0.15) is 4.39 Å². The normalized spacial score (nSPS) is 9.42. The first-order valence-electron chi connectivity index (χ1n) is 2.97. The highest BCUT2D eigenvalue weighted by atomic mass is 19.1. The van der Waals surface area contributed by atoms with Crippen LogP contribution in [0, 0.1) is 15.9 Å². The Labute approximate surface area is 66.8 Å². The van der Waals surface area contributed by atoms with E-state index in [-0.39, 0.29) is 5.56 Å². The van der Waals surface area contributed by atoms with E-state index in [0.717, 1.165) is 18.2 Å². The molecule has 0 spiro atoms. The van der Waals surface area contributed by atoms with Gasteiger partial charge in [0.1, 0.15) is 0 Å². The van der Waals surface area contributed by atoms with Gasteiger partial charge in [0.15, 0.2) is 0 Å². The summed E-state index contributed by atoms with van der Waals surface area (Å²) >= 11 is 0. The van der Waals surface area contributed by atoms with Crippen molar-refractivity contribution in [3.63, 3.8) is 0 Å². The summed E-state index contributed by atoms with van der Waals surface area (Å²) in [5.74, 6) is -0.959. The van der Waals surface area contributed by atoms with Crippen LogP contribution < -0.4 is 0 Å². The second kappa shape index (κ2) is 3.08. The van der Waals surface area contributed by atoms with Crippen LogP contribution in [0.25, 0.3) is 0 Å². The Morgan fingerprint density at radius 3 is 2.67 bits per heavy atom. The van der Waals surface area contributed by atoms with Crippen LogP contribution in [0.4, 0.5) is 10.1 Å². The minimum atomic E-state index is -0.959. The molecule has 0 N–H and O–H groups in total. The predicted octanol–water partition coefficient (Wildman–Crippen LogP) is 1.19. The Morgan fingerprint density at radius 1 is 1.50 bits per heavy atom. The lowest BCUT2D eigenvalue weighted by Gasteiger charge is -1.92. The zero-order chi connectivity index (χ0) is 9.14. The summed E-state index contributed by atoms with van der Waals surface area (Å²) in [7, 11) is 0. The number of nitro benzene ring substituents is 1. The van der Waals surface area contributed by atoms with Crippen LogP contribution in [0.2, 0.25) is 0 Å². The molecule has 1 rings (SSSR count). The quantitative estimate of drug-likeness (QED) is 0.492. The van der Waals surface area contributed by atoms with E-state index in [2.05, 4.69) is 0 Å². The first kappa shape index (κ1) is 8.32. The Morgan fingerprint density at radius 2 is 2.17 bits per heavy atom. The van der Waals surface area contributed by atoms with E-state index in [0.29, 0.717) is 0 Å². The summed E-state index contributed by atoms with van der Waals surface area (Å²) in [4.78, 5) is 19.3. The van der Waals surface area contributed by atoms with E-state index in [1.807, 2.05) is 0 Å². The molecule has 1 aromatic carbocycles. The molecule has 0 saturated carbocycles. The van der Waals surface area contributed by atoms with Crippen molar-refractivity contribution >= 4 is 12.0 Å². The number of nitro groups is 1. The number of hydrogen-bond acceptors (Lipinski definition) is 3. The zero-order valence-corrected chi connectivity index (χ0v) is 5.78. The van der Waals surface area contributed by atoms with E-state index < -0.39 is 16.4 Å². The molecular weight excluding hydrogens is 165 g/mol. The SMILES string of the molecule is O=[C]c1ccc(F)c([N+](=O)[O-])c1. The van der Waals surface area contributed by atoms with Crippen molar-refractivity contribution < 1.29 is 14.1 Å². The molecule has 0 unspecified atom stereocenters. The van der Waals surface area contributed by atoms with Gasteiger partial charge in [-0.1, -0.05) is 0 Å². The fourth-order valence-corrected chi connectivity index (χ4v) is 0.716. The Hall–Kier alpha value is -1.78. The molecule has 5 heteroatoms. The molecule has 61 valence electrons. The summed E-state index contributed by atoms with van der Waals surface area (Å²) in [6.07, 6.45) is 1.43. The fourth-order valence-electron chi connectivity index (χ4n) is 0.716. The van der Waals surface area contributed by atoms with Crippen molar-refractivity contribution in [2.24, 2.45) is 0 Å². The van der Waals surface area contributed by atoms with Gasteiger partial charge in [0.2, 0.25) is 12.1 Å². The van der Waals surface area contributed by atoms with Gasteiger partial charge in [-0.05, 0) is 12.1 Å². The van der Waals surface area contributed by atoms with Crippen molar-refractivity contribution in [1.29, 1.82) is 0 Å². The van der Waals surface area contributed by atoms with Gasteiger partial charge in [-0.15, -0.1) is 0 Å². The Bertz CT molecular complexity index is 337. The van der Waals surface area contributed by atoms with Gasteiger partial charge >= 0.3 is 5.69 Å². The average Bonchev–Trinajstić information content (AvgIpc) is 2.05. The number of halogens is 1. The van der Waals surface area contributed by atoms with Crippen LogP contribution in [-0.4, -0.2) is 11.2 Å². The maximum Gasteiger partial charge on any atom is 0.305 e. The molecule has 0 bridgehead atoms. The molecule has 0 aromatic heterocycles. The summed E-state index contributed by atoms with van der Waals surface area (Å²) < 4.78 is 12.6. The second-order valence-corrected chi connectivity index (χ2v) is 2.03. The first-order chi connectivity index (χ1) is 5.65. The second-order valence-electron chi connectivity index (χ2n) is 2.03. The highest BCUT2D eigenvalue weighted by molar-refractivity contribution is 5.76. The van der Waals surface area contributed by atoms with Gasteiger partial charge in [-0.25, -0.2) is 0 Å². The van der Waals surface area contributed by atoms with E-state index in [4.69, 9.17) is 0 Å². The lowest BCUT2D eigenvalue weighted by atomic mass is 10.2. The van der Waals surface area contributed by atoms with Crippen LogP contribution in [0.5, 0.6) is 0 Å². The number of carbonyl (C=O) groups excluding carboxylic acids is 1. The molecule has 0 aliphatic rings. The van der Waals surface area contributed by atoms with Crippen molar-refractivity contribution in [3.8, 4) is 0 Å². The van der Waals surface area contributed by atoms with Crippen LogP contribution in [0.15, 0.2) is 18.2 Å². The topological polar surface area (TPSA) is 60.2 Å². The van der Waals surface area contributed by atoms with Gasteiger partial charge in [-0.3, -0.25) is 14.9 Å². The molecule has 0 aliphatic carbocycles. The molecule has 0 heterocycles. The largest absolute Gasteiger partial charge is 0.305 e. The minimum absolute atomic E-state index is 0.0388. The van der Waals surface area contributed by atoms with Crippen LogP contribution >= 0.6 is 0 Å². The zero-order valence-electron chi connectivity index (χ0n) is 5.78. The number of benzene rings is 1. The van der Waals surface area contributed by atoms with Crippen LogP contribution in [0.3, 0.4) is 0 Å². The third-order valence-corrected chi connectivity index (χ3v) is 1.26. The molecule has 0 fully saturated rings. The van der Waals surface area contributed by atoms with Crippen molar-refractivity contribution in [3.05, 3.63) is 39.7 Å². The molecule has 1 aromatic rings. The van der Waals surface area contributed by atoms with E-state index in [9.17, 15) is 19.3 Å². The molecule has 0 aliphatic heterocycles. The lowest BCUT2D eigenvalue weighted by molar-refractivity contribution is -0.387. The first-order valence-corrected chi connectivity index (χ1v) is 2.97. The standard InChI is InChI=1S/C7H3FNO3/c8-6-2-1-5(4-10)3-7(6)9(11)12/h1-3H. The third-order valence-electron chi connectivity index (χ3n) is 1.26. The average molecular weight is 168 g/mol. The Kier molecular flexibility index (Phi) is 2.14. The lowest BCUT2D eigenvalue weighted by Crippen LogP contribution is -1.93. The highest BCUT2D eigenvalue weighted by Crippen LogP contribution is 2.17. The monoisotopic (exact) mass is 168 g/mol. The summed E-state index contributed by atoms with van der Waals surface area (Å²) in [6, 6.07) is 2.82. The van der Waals surface area contributed by atoms with Crippen molar-refractivity contribution in [2.45, 2.75) is 0 Å². The third kappa shape index (κ3) is 1.45. The van der Waals surface area contributed by atoms with Crippen molar-refractivity contribution in [1.82, 2.24) is 0 Å². The predicted molar refractivity (Wildman–Crippen MR) is 37.8 cm³/mol. The number of hydrogen-bond donors (Lipinski definition) is 0. The van der Waals surface area contributed by atoms with Crippen LogP contribution in [0.1, 0.15) is 5.56 Å². The van der Waals surface area contributed by atoms with Crippen molar-refractivity contribution in [2.75, 3.05) is 0 Å². The van der Waals surface area contributed by atoms with Gasteiger partial charge in [0.05, 0.1) is 4.92 Å². The maximum absolute atomic E-state index is 12.6. The smallest absolute Gasteiger partial charge is 0.285 e. The van der Waals surface area contributed by atoms with E-state index >= 15 is 0 Å². The maximum atomic E-state index is 12.6. The summed E-state index contributed by atoms with van der Waals surface area (Å²) in [5.41, 5.74) is -0.751. The number of rotatable bonds is 2. The molecule has 0 atom stereocenters. The van der Waals surface area contributed by atoms with Gasteiger partial charge in [0.25, 0.3) is 0 Å². The minimum Gasteiger partial charge on any atom is -0.285 e. The Balaban J connectivity index is 3.25. The molecule has 0 saturated heterocycles. The molecule has 4 nitrogen and oxygen atoms in total. The molecule has 0 amide bonds. The summed E-state index contributed by atoms with van der Waals surface area (Å²) in [6.45, 7) is 0. The molecule has 1 radical (unpaired) electrons. The van der Waals surface area contributed by atoms with E-state index in [1.54, 1.807) is 0 Å². The molecule has 12 heavy (non-hydrogen) atoms. The van der Waals surface area contributed by atoms with Gasteiger partial charge in [0, 0.05) is 11.6 Å².